The molecule has 1 aromatic heterocycles. The monoisotopic (exact) mass is 281 g/mol. The van der Waals surface area contributed by atoms with Gasteiger partial charge in [-0.2, -0.15) is 4.98 Å². The number of rotatable bonds is 4. The van der Waals surface area contributed by atoms with E-state index in [2.05, 4.69) is 20.6 Å². The molecule has 1 aliphatic rings. The maximum absolute atomic E-state index is 11.2. The van der Waals surface area contributed by atoms with E-state index in [-0.39, 0.29) is 17.0 Å². The Labute approximate surface area is 117 Å². The fourth-order valence-electron chi connectivity index (χ4n) is 2.30. The van der Waals surface area contributed by atoms with E-state index in [1.54, 1.807) is 14.0 Å². The second kappa shape index (κ2) is 5.58. The predicted molar refractivity (Wildman–Crippen MR) is 75.1 cm³/mol. The molecule has 0 spiro atoms. The maximum Gasteiger partial charge on any atom is 0.332 e. The Kier molecular flexibility index (Phi) is 4.03. The third kappa shape index (κ3) is 2.96. The molecule has 8 heteroatoms. The molecule has 2 rings (SSSR count). The normalized spacial score (nSPS) is 22.4. The second-order valence-electron chi connectivity index (χ2n) is 5.18. The first-order valence-electron chi connectivity index (χ1n) is 6.52. The number of aromatic nitrogens is 2. The van der Waals surface area contributed by atoms with Crippen LogP contribution in [0.2, 0.25) is 0 Å². The molecule has 1 fully saturated rings. The first kappa shape index (κ1) is 14.4. The molecular weight excluding hydrogens is 262 g/mol. The average molecular weight is 281 g/mol. The van der Waals surface area contributed by atoms with Crippen molar-refractivity contribution in [2.75, 3.05) is 30.9 Å². The van der Waals surface area contributed by atoms with Crippen LogP contribution in [0.15, 0.2) is 0 Å². The predicted octanol–water partition coefficient (Wildman–Crippen LogP) is 1.72. The smallest absolute Gasteiger partial charge is 0.332 e. The topological polar surface area (TPSA) is 102 Å². The highest BCUT2D eigenvalue weighted by Crippen LogP contribution is 2.31. The number of nitro groups is 1. The summed E-state index contributed by atoms with van der Waals surface area (Å²) in [6.45, 7) is 4.81. The Balaban J connectivity index is 2.38. The number of anilines is 2. The lowest BCUT2D eigenvalue weighted by Crippen LogP contribution is -2.43. The van der Waals surface area contributed by atoms with Gasteiger partial charge in [0.2, 0.25) is 11.8 Å². The average Bonchev–Trinajstić information content (AvgIpc) is 2.37. The molecule has 2 N–H and O–H groups in total. The van der Waals surface area contributed by atoms with Crippen LogP contribution in [0.4, 0.5) is 17.5 Å². The first-order valence-corrected chi connectivity index (χ1v) is 6.52. The summed E-state index contributed by atoms with van der Waals surface area (Å²) < 4.78 is 5.45. The number of ether oxygens (including phenoxy) is 1. The minimum atomic E-state index is -0.454. The molecule has 1 saturated heterocycles. The highest BCUT2D eigenvalue weighted by Gasteiger charge is 2.32. The number of hydrogen-bond donors (Lipinski definition) is 2. The van der Waals surface area contributed by atoms with Gasteiger partial charge in [-0.25, -0.2) is 4.98 Å². The molecule has 1 aromatic rings. The van der Waals surface area contributed by atoms with Crippen molar-refractivity contribution in [2.45, 2.75) is 32.2 Å². The van der Waals surface area contributed by atoms with Gasteiger partial charge in [0.05, 0.1) is 17.1 Å². The summed E-state index contributed by atoms with van der Waals surface area (Å²) in [6, 6.07) is 0. The van der Waals surface area contributed by atoms with Crippen LogP contribution in [-0.4, -0.2) is 40.7 Å². The molecule has 1 unspecified atom stereocenters. The SMILES string of the molecule is CNc1nc(C)c([N+](=O)[O-])c(NC2(C)CCCOC2)n1. The molecule has 0 aromatic carbocycles. The van der Waals surface area contributed by atoms with Gasteiger partial charge in [-0.3, -0.25) is 10.1 Å². The second-order valence-corrected chi connectivity index (χ2v) is 5.18. The molecular formula is C12H19N5O3. The standard InChI is InChI=1S/C12H19N5O3/c1-8-9(17(18)19)10(15-11(13-3)14-8)16-12(2)5-4-6-20-7-12/h4-7H2,1-3H3,(H2,13,14,15,16). The number of nitrogens with one attached hydrogen (secondary N) is 2. The fraction of sp³-hybridized carbons (Fsp3) is 0.667. The van der Waals surface area contributed by atoms with Crippen LogP contribution < -0.4 is 10.6 Å². The highest BCUT2D eigenvalue weighted by atomic mass is 16.6. The van der Waals surface area contributed by atoms with Crippen LogP contribution in [-0.2, 0) is 4.74 Å². The van der Waals surface area contributed by atoms with E-state index in [9.17, 15) is 10.1 Å². The molecule has 0 radical (unpaired) electrons. The van der Waals surface area contributed by atoms with Crippen molar-refractivity contribution in [2.24, 2.45) is 0 Å². The lowest BCUT2D eigenvalue weighted by Gasteiger charge is -2.34. The van der Waals surface area contributed by atoms with Crippen LogP contribution >= 0.6 is 0 Å². The van der Waals surface area contributed by atoms with Crippen LogP contribution in [0.25, 0.3) is 0 Å². The van der Waals surface area contributed by atoms with Crippen LogP contribution in [0.5, 0.6) is 0 Å². The van der Waals surface area contributed by atoms with Crippen molar-refractivity contribution < 1.29 is 9.66 Å². The molecule has 0 amide bonds. The van der Waals surface area contributed by atoms with Crippen molar-refractivity contribution in [1.82, 2.24) is 9.97 Å². The van der Waals surface area contributed by atoms with Crippen molar-refractivity contribution in [3.8, 4) is 0 Å². The van der Waals surface area contributed by atoms with Crippen LogP contribution in [0, 0.1) is 17.0 Å². The molecule has 8 nitrogen and oxygen atoms in total. The van der Waals surface area contributed by atoms with Gasteiger partial charge in [-0.15, -0.1) is 0 Å². The Bertz CT molecular complexity index is 514. The molecule has 1 atom stereocenters. The maximum atomic E-state index is 11.2. The summed E-state index contributed by atoms with van der Waals surface area (Å²) in [5.41, 5.74) is -0.109. The van der Waals surface area contributed by atoms with Crippen molar-refractivity contribution in [1.29, 1.82) is 0 Å². The summed E-state index contributed by atoms with van der Waals surface area (Å²) in [5, 5.41) is 17.2. The quantitative estimate of drug-likeness (QED) is 0.639. The van der Waals surface area contributed by atoms with Gasteiger partial charge in [0.25, 0.3) is 0 Å². The zero-order chi connectivity index (χ0) is 14.8. The number of hydrogen-bond acceptors (Lipinski definition) is 7. The van der Waals surface area contributed by atoms with Gasteiger partial charge in [0, 0.05) is 13.7 Å². The lowest BCUT2D eigenvalue weighted by molar-refractivity contribution is -0.385. The van der Waals surface area contributed by atoms with Crippen molar-refractivity contribution in [3.63, 3.8) is 0 Å². The Morgan fingerprint density at radius 1 is 1.45 bits per heavy atom. The van der Waals surface area contributed by atoms with Crippen LogP contribution in [0.1, 0.15) is 25.5 Å². The van der Waals surface area contributed by atoms with E-state index in [4.69, 9.17) is 4.74 Å². The molecule has 0 bridgehead atoms. The van der Waals surface area contributed by atoms with Gasteiger partial charge in [0.15, 0.2) is 0 Å². The van der Waals surface area contributed by atoms with Crippen LogP contribution in [0.3, 0.4) is 0 Å². The van der Waals surface area contributed by atoms with Gasteiger partial charge in [-0.1, -0.05) is 0 Å². The zero-order valence-electron chi connectivity index (χ0n) is 11.9. The van der Waals surface area contributed by atoms with E-state index in [1.165, 1.54) is 0 Å². The highest BCUT2D eigenvalue weighted by molar-refractivity contribution is 5.61. The zero-order valence-corrected chi connectivity index (χ0v) is 11.9. The Morgan fingerprint density at radius 3 is 2.75 bits per heavy atom. The summed E-state index contributed by atoms with van der Waals surface area (Å²) in [7, 11) is 1.68. The summed E-state index contributed by atoms with van der Waals surface area (Å²) in [4.78, 5) is 19.0. The Morgan fingerprint density at radius 2 is 2.20 bits per heavy atom. The third-order valence-corrected chi connectivity index (χ3v) is 3.32. The molecule has 1 aliphatic heterocycles. The summed E-state index contributed by atoms with van der Waals surface area (Å²) in [6.07, 6.45) is 1.79. The van der Waals surface area contributed by atoms with E-state index in [0.717, 1.165) is 19.4 Å². The van der Waals surface area contributed by atoms with Gasteiger partial charge >= 0.3 is 5.69 Å². The first-order chi connectivity index (χ1) is 9.45. The van der Waals surface area contributed by atoms with E-state index >= 15 is 0 Å². The fourth-order valence-corrected chi connectivity index (χ4v) is 2.30. The van der Waals surface area contributed by atoms with E-state index < -0.39 is 4.92 Å². The van der Waals surface area contributed by atoms with Gasteiger partial charge in [-0.05, 0) is 26.7 Å². The van der Waals surface area contributed by atoms with Crippen molar-refractivity contribution in [3.05, 3.63) is 15.8 Å². The van der Waals surface area contributed by atoms with Crippen molar-refractivity contribution >= 4 is 17.5 Å². The number of nitrogens with zero attached hydrogens (tertiary/aromatic N) is 3. The number of aryl methyl sites for hydroxylation is 1. The largest absolute Gasteiger partial charge is 0.379 e. The molecule has 0 aliphatic carbocycles. The van der Waals surface area contributed by atoms with Gasteiger partial charge < -0.3 is 15.4 Å². The van der Waals surface area contributed by atoms with Gasteiger partial charge in [0.1, 0.15) is 5.69 Å². The molecule has 110 valence electrons. The van der Waals surface area contributed by atoms with E-state index in [0.29, 0.717) is 18.2 Å². The summed E-state index contributed by atoms with van der Waals surface area (Å²) in [5.74, 6) is 0.593. The lowest BCUT2D eigenvalue weighted by atomic mass is 9.95. The minimum absolute atomic E-state index is 0.0872. The Hall–Kier alpha value is -1.96. The molecule has 20 heavy (non-hydrogen) atoms. The molecule has 2 heterocycles. The molecule has 0 saturated carbocycles. The minimum Gasteiger partial charge on any atom is -0.379 e. The third-order valence-electron chi connectivity index (χ3n) is 3.32. The van der Waals surface area contributed by atoms with E-state index in [1.807, 2.05) is 6.92 Å². The summed E-state index contributed by atoms with van der Waals surface area (Å²) >= 11 is 0.